The molecule has 0 aliphatic carbocycles. The highest BCUT2D eigenvalue weighted by atomic mass is 16.6. The molecule has 25 heavy (non-hydrogen) atoms. The largest absolute Gasteiger partial charge is 0.478 e. The second-order valence-electron chi connectivity index (χ2n) is 6.18. The molecule has 0 aliphatic heterocycles. The number of carbonyl (C=O) groups is 1. The first-order chi connectivity index (χ1) is 12.2. The van der Waals surface area contributed by atoms with Crippen LogP contribution in [0.5, 0.6) is 5.75 Å². The number of hydrogen-bond acceptors (Lipinski definition) is 3. The van der Waals surface area contributed by atoms with Crippen LogP contribution < -0.4 is 4.74 Å². The lowest BCUT2D eigenvalue weighted by Crippen LogP contribution is -2.29. The monoisotopic (exact) mass is 336 g/mol. The molecule has 0 fully saturated rings. The Morgan fingerprint density at radius 2 is 1.68 bits per heavy atom. The van der Waals surface area contributed by atoms with Gasteiger partial charge in [-0.2, -0.15) is 0 Å². The smallest absolute Gasteiger partial charge is 0.347 e. The van der Waals surface area contributed by atoms with E-state index in [-0.39, 0.29) is 5.97 Å². The Kier molecular flexibility index (Phi) is 5.54. The van der Waals surface area contributed by atoms with Gasteiger partial charge in [0.25, 0.3) is 0 Å². The predicted molar refractivity (Wildman–Crippen MR) is 102 cm³/mol. The molecule has 0 saturated heterocycles. The van der Waals surface area contributed by atoms with Crippen LogP contribution >= 0.6 is 0 Å². The average molecular weight is 336 g/mol. The molecule has 1 unspecified atom stereocenters. The molecule has 3 nitrogen and oxygen atoms in total. The van der Waals surface area contributed by atoms with Gasteiger partial charge in [0.05, 0.1) is 6.61 Å². The molecule has 0 amide bonds. The van der Waals surface area contributed by atoms with Gasteiger partial charge in [-0.15, -0.1) is 0 Å². The van der Waals surface area contributed by atoms with E-state index in [2.05, 4.69) is 37.3 Å². The van der Waals surface area contributed by atoms with Crippen LogP contribution in [0.15, 0.2) is 54.6 Å². The molecule has 0 aliphatic rings. The standard InChI is InChI=1S/C22H24O3/c1-3-5-12-21(22(23)24-4-2)25-20-13-8-11-18-14-16-9-6-7-10-17(16)15-19(18)20/h6-11,13-15,21H,3-5,12H2,1-2H3. The minimum absolute atomic E-state index is 0.284. The van der Waals surface area contributed by atoms with Gasteiger partial charge in [-0.3, -0.25) is 0 Å². The number of ether oxygens (including phenoxy) is 2. The van der Waals surface area contributed by atoms with Gasteiger partial charge in [0, 0.05) is 5.39 Å². The van der Waals surface area contributed by atoms with Crippen LogP contribution in [0.3, 0.4) is 0 Å². The second-order valence-corrected chi connectivity index (χ2v) is 6.18. The van der Waals surface area contributed by atoms with Crippen molar-refractivity contribution < 1.29 is 14.3 Å². The number of benzene rings is 3. The number of carbonyl (C=O) groups excluding carboxylic acids is 1. The van der Waals surface area contributed by atoms with Gasteiger partial charge in [0.1, 0.15) is 5.75 Å². The Hall–Kier alpha value is -2.55. The van der Waals surface area contributed by atoms with Crippen LogP contribution in [-0.2, 0) is 9.53 Å². The highest BCUT2D eigenvalue weighted by Crippen LogP contribution is 2.31. The van der Waals surface area contributed by atoms with Crippen LogP contribution in [0.1, 0.15) is 33.1 Å². The van der Waals surface area contributed by atoms with Crippen LogP contribution in [-0.4, -0.2) is 18.7 Å². The molecule has 130 valence electrons. The van der Waals surface area contributed by atoms with Crippen molar-refractivity contribution in [2.24, 2.45) is 0 Å². The summed E-state index contributed by atoms with van der Waals surface area (Å²) in [4.78, 5) is 12.3. The molecular weight excluding hydrogens is 312 g/mol. The highest BCUT2D eigenvalue weighted by Gasteiger charge is 2.22. The van der Waals surface area contributed by atoms with E-state index in [1.54, 1.807) is 0 Å². The minimum Gasteiger partial charge on any atom is -0.478 e. The maximum absolute atomic E-state index is 12.3. The molecule has 0 N–H and O–H groups in total. The summed E-state index contributed by atoms with van der Waals surface area (Å²) >= 11 is 0. The lowest BCUT2D eigenvalue weighted by molar-refractivity contribution is -0.151. The summed E-state index contributed by atoms with van der Waals surface area (Å²) in [6, 6.07) is 18.5. The van der Waals surface area contributed by atoms with Crippen molar-refractivity contribution in [1.82, 2.24) is 0 Å². The van der Waals surface area contributed by atoms with Crippen molar-refractivity contribution >= 4 is 27.5 Å². The van der Waals surface area contributed by atoms with Crippen molar-refractivity contribution in [1.29, 1.82) is 0 Å². The van der Waals surface area contributed by atoms with Gasteiger partial charge in [-0.05, 0) is 54.1 Å². The zero-order chi connectivity index (χ0) is 17.6. The van der Waals surface area contributed by atoms with Crippen molar-refractivity contribution in [2.45, 2.75) is 39.2 Å². The minimum atomic E-state index is -0.558. The molecule has 0 bridgehead atoms. The van der Waals surface area contributed by atoms with E-state index in [4.69, 9.17) is 9.47 Å². The number of hydrogen-bond donors (Lipinski definition) is 0. The SMILES string of the molecule is CCCCC(Oc1cccc2cc3ccccc3cc12)C(=O)OCC. The van der Waals surface area contributed by atoms with E-state index in [1.165, 1.54) is 5.39 Å². The predicted octanol–water partition coefficient (Wildman–Crippen LogP) is 5.49. The summed E-state index contributed by atoms with van der Waals surface area (Å²) in [5, 5.41) is 4.48. The lowest BCUT2D eigenvalue weighted by atomic mass is 10.0. The fourth-order valence-electron chi connectivity index (χ4n) is 3.04. The van der Waals surface area contributed by atoms with E-state index in [0.717, 1.165) is 34.7 Å². The van der Waals surface area contributed by atoms with E-state index < -0.39 is 6.10 Å². The molecule has 0 spiro atoms. The van der Waals surface area contributed by atoms with Gasteiger partial charge < -0.3 is 9.47 Å². The van der Waals surface area contributed by atoms with E-state index in [1.807, 2.05) is 31.2 Å². The first-order valence-corrected chi connectivity index (χ1v) is 8.97. The lowest BCUT2D eigenvalue weighted by Gasteiger charge is -2.19. The Balaban J connectivity index is 1.98. The quantitative estimate of drug-likeness (QED) is 0.422. The van der Waals surface area contributed by atoms with Crippen molar-refractivity contribution in [3.05, 3.63) is 54.6 Å². The number of unbranched alkanes of at least 4 members (excludes halogenated alkanes) is 1. The Bertz CT molecular complexity index is 869. The normalized spacial score (nSPS) is 12.2. The summed E-state index contributed by atoms with van der Waals surface area (Å²) in [6.45, 7) is 4.29. The molecule has 0 aromatic heterocycles. The van der Waals surface area contributed by atoms with Crippen molar-refractivity contribution in [3.8, 4) is 5.75 Å². The van der Waals surface area contributed by atoms with Gasteiger partial charge in [0.15, 0.2) is 6.10 Å². The van der Waals surface area contributed by atoms with Crippen LogP contribution in [0, 0.1) is 0 Å². The average Bonchev–Trinajstić information content (AvgIpc) is 2.63. The third kappa shape index (κ3) is 3.93. The zero-order valence-electron chi connectivity index (χ0n) is 14.8. The summed E-state index contributed by atoms with van der Waals surface area (Å²) in [5.74, 6) is 0.450. The van der Waals surface area contributed by atoms with E-state index >= 15 is 0 Å². The molecule has 3 heteroatoms. The third-order valence-electron chi connectivity index (χ3n) is 4.35. The van der Waals surface area contributed by atoms with Crippen LogP contribution in [0.4, 0.5) is 0 Å². The van der Waals surface area contributed by atoms with Crippen molar-refractivity contribution in [2.75, 3.05) is 6.61 Å². The van der Waals surface area contributed by atoms with E-state index in [0.29, 0.717) is 13.0 Å². The molecule has 3 rings (SSSR count). The first kappa shape index (κ1) is 17.3. The summed E-state index contributed by atoms with van der Waals surface area (Å²) in [6.07, 6.45) is 2.05. The van der Waals surface area contributed by atoms with Gasteiger partial charge in [-0.1, -0.05) is 49.7 Å². The maximum Gasteiger partial charge on any atom is 0.347 e. The molecular formula is C22H24O3. The van der Waals surface area contributed by atoms with Gasteiger partial charge in [-0.25, -0.2) is 4.79 Å². The summed E-state index contributed by atoms with van der Waals surface area (Å²) < 4.78 is 11.3. The van der Waals surface area contributed by atoms with Gasteiger partial charge in [0.2, 0.25) is 0 Å². The Morgan fingerprint density at radius 3 is 2.40 bits per heavy atom. The first-order valence-electron chi connectivity index (χ1n) is 8.97. The topological polar surface area (TPSA) is 35.5 Å². The van der Waals surface area contributed by atoms with Gasteiger partial charge >= 0.3 is 5.97 Å². The van der Waals surface area contributed by atoms with Crippen LogP contribution in [0.2, 0.25) is 0 Å². The Morgan fingerprint density at radius 1 is 0.960 bits per heavy atom. The summed E-state index contributed by atoms with van der Waals surface area (Å²) in [7, 11) is 0. The zero-order valence-corrected chi connectivity index (χ0v) is 14.8. The molecule has 3 aromatic carbocycles. The molecule has 0 heterocycles. The number of esters is 1. The molecule has 0 saturated carbocycles. The third-order valence-corrected chi connectivity index (χ3v) is 4.35. The molecule has 1 atom stereocenters. The number of rotatable bonds is 7. The van der Waals surface area contributed by atoms with Crippen LogP contribution in [0.25, 0.3) is 21.5 Å². The number of fused-ring (bicyclic) bond motifs is 2. The molecule has 0 radical (unpaired) electrons. The maximum atomic E-state index is 12.3. The fraction of sp³-hybridized carbons (Fsp3) is 0.318. The van der Waals surface area contributed by atoms with Crippen molar-refractivity contribution in [3.63, 3.8) is 0 Å². The Labute approximate surface area is 148 Å². The van der Waals surface area contributed by atoms with E-state index in [9.17, 15) is 4.79 Å². The highest BCUT2D eigenvalue weighted by molar-refractivity contribution is 6.01. The molecule has 3 aromatic rings. The summed E-state index contributed by atoms with van der Waals surface area (Å²) in [5.41, 5.74) is 0. The second kappa shape index (κ2) is 8.02. The fourth-order valence-corrected chi connectivity index (χ4v) is 3.04.